The molecule has 0 aliphatic carbocycles. The zero-order chi connectivity index (χ0) is 19.1. The molecule has 0 unspecified atom stereocenters. The number of rotatable bonds is 7. The largest absolute Gasteiger partial charge is 0.484 e. The summed E-state index contributed by atoms with van der Waals surface area (Å²) in [6, 6.07) is 12.4. The Hall–Kier alpha value is -3.48. The second kappa shape index (κ2) is 8.57. The highest BCUT2D eigenvalue weighted by Gasteiger charge is 2.08. The Bertz CT molecular complexity index is 841. The van der Waals surface area contributed by atoms with Gasteiger partial charge in [-0.05, 0) is 35.9 Å². The van der Waals surface area contributed by atoms with E-state index in [4.69, 9.17) is 4.74 Å². The van der Waals surface area contributed by atoms with Gasteiger partial charge in [0.1, 0.15) is 5.75 Å². The number of nitrogens with zero attached hydrogens (tertiary/aromatic N) is 2. The zero-order valence-corrected chi connectivity index (χ0v) is 14.4. The number of amides is 1. The Morgan fingerprint density at radius 1 is 1.15 bits per heavy atom. The number of nitro groups is 1. The van der Waals surface area contributed by atoms with Crippen molar-refractivity contribution < 1.29 is 19.2 Å². The monoisotopic (exact) mass is 354 g/mol. The van der Waals surface area contributed by atoms with Crippen LogP contribution in [0.3, 0.4) is 0 Å². The third-order valence-corrected chi connectivity index (χ3v) is 3.51. The number of carbonyl (C=O) groups is 2. The van der Waals surface area contributed by atoms with Crippen molar-refractivity contribution in [3.8, 4) is 5.75 Å². The van der Waals surface area contributed by atoms with Crippen molar-refractivity contribution in [2.45, 2.75) is 0 Å². The van der Waals surface area contributed by atoms with Crippen molar-refractivity contribution in [1.82, 2.24) is 4.90 Å². The minimum Gasteiger partial charge on any atom is -0.484 e. The Kier molecular flexibility index (Phi) is 6.21. The molecule has 0 radical (unpaired) electrons. The maximum Gasteiger partial charge on any atom is 0.269 e. The Labute approximate surface area is 150 Å². The molecule has 2 rings (SSSR count). The molecule has 0 saturated heterocycles. The second-order valence-electron chi connectivity index (χ2n) is 5.65. The Morgan fingerprint density at radius 3 is 2.46 bits per heavy atom. The summed E-state index contributed by atoms with van der Waals surface area (Å²) in [6.07, 6.45) is 2.96. The van der Waals surface area contributed by atoms with E-state index < -0.39 is 4.92 Å². The highest BCUT2D eigenvalue weighted by molar-refractivity contribution is 6.07. The standard InChI is InChI=1S/C19H18N2O5/c1-20(2)19(23)13-26-17-5-3-4-15(12-17)18(22)11-8-14-6-9-16(10-7-14)21(24)25/h3-12H,13H2,1-2H3/b11-8-. The maximum absolute atomic E-state index is 12.3. The van der Waals surface area contributed by atoms with E-state index in [2.05, 4.69) is 0 Å². The smallest absolute Gasteiger partial charge is 0.269 e. The molecule has 26 heavy (non-hydrogen) atoms. The fourth-order valence-corrected chi connectivity index (χ4v) is 1.99. The lowest BCUT2D eigenvalue weighted by molar-refractivity contribution is -0.384. The fourth-order valence-electron chi connectivity index (χ4n) is 1.99. The number of nitro benzene ring substituents is 1. The van der Waals surface area contributed by atoms with Crippen molar-refractivity contribution >= 4 is 23.5 Å². The van der Waals surface area contributed by atoms with Crippen LogP contribution in [0.2, 0.25) is 0 Å². The topological polar surface area (TPSA) is 89.8 Å². The summed E-state index contributed by atoms with van der Waals surface area (Å²) in [5.41, 5.74) is 1.08. The van der Waals surface area contributed by atoms with Crippen molar-refractivity contribution in [2.24, 2.45) is 0 Å². The van der Waals surface area contributed by atoms with Gasteiger partial charge in [0.25, 0.3) is 11.6 Å². The lowest BCUT2D eigenvalue weighted by atomic mass is 10.1. The molecule has 2 aromatic rings. The molecule has 0 heterocycles. The zero-order valence-electron chi connectivity index (χ0n) is 14.4. The first-order chi connectivity index (χ1) is 12.4. The van der Waals surface area contributed by atoms with Gasteiger partial charge in [-0.1, -0.05) is 18.2 Å². The number of non-ortho nitro benzene ring substituents is 1. The number of benzene rings is 2. The molecule has 0 N–H and O–H groups in total. The van der Waals surface area contributed by atoms with Gasteiger partial charge in [-0.2, -0.15) is 0 Å². The maximum atomic E-state index is 12.3. The van der Waals surface area contributed by atoms with Gasteiger partial charge in [-0.15, -0.1) is 0 Å². The predicted molar refractivity (Wildman–Crippen MR) is 97.1 cm³/mol. The first-order valence-electron chi connectivity index (χ1n) is 7.76. The third kappa shape index (κ3) is 5.27. The Balaban J connectivity index is 2.03. The van der Waals surface area contributed by atoms with Crippen LogP contribution in [0.1, 0.15) is 15.9 Å². The molecule has 0 bridgehead atoms. The average molecular weight is 354 g/mol. The summed E-state index contributed by atoms with van der Waals surface area (Å²) in [7, 11) is 3.27. The summed E-state index contributed by atoms with van der Waals surface area (Å²) in [5, 5.41) is 10.6. The minimum atomic E-state index is -0.481. The number of carbonyl (C=O) groups excluding carboxylic acids is 2. The molecule has 0 fully saturated rings. The van der Waals surface area contributed by atoms with Crippen LogP contribution in [0.15, 0.2) is 54.6 Å². The number of hydrogen-bond acceptors (Lipinski definition) is 5. The molecule has 1 amide bonds. The van der Waals surface area contributed by atoms with E-state index in [1.54, 1.807) is 56.6 Å². The lowest BCUT2D eigenvalue weighted by Gasteiger charge is -2.11. The number of ether oxygens (including phenoxy) is 1. The molecule has 7 nitrogen and oxygen atoms in total. The first-order valence-corrected chi connectivity index (χ1v) is 7.76. The molecule has 2 aromatic carbocycles. The van der Waals surface area contributed by atoms with Gasteiger partial charge < -0.3 is 9.64 Å². The minimum absolute atomic E-state index is 0.00871. The highest BCUT2D eigenvalue weighted by atomic mass is 16.6. The Morgan fingerprint density at radius 2 is 1.85 bits per heavy atom. The highest BCUT2D eigenvalue weighted by Crippen LogP contribution is 2.16. The van der Waals surface area contributed by atoms with Crippen molar-refractivity contribution in [3.63, 3.8) is 0 Å². The lowest BCUT2D eigenvalue weighted by Crippen LogP contribution is -2.27. The quantitative estimate of drug-likeness (QED) is 0.330. The van der Waals surface area contributed by atoms with E-state index in [0.29, 0.717) is 16.9 Å². The summed E-state index contributed by atoms with van der Waals surface area (Å²) >= 11 is 0. The predicted octanol–water partition coefficient (Wildman–Crippen LogP) is 2.96. The van der Waals surface area contributed by atoms with Crippen LogP contribution >= 0.6 is 0 Å². The van der Waals surface area contributed by atoms with Crippen LogP contribution in [0.25, 0.3) is 6.08 Å². The molecule has 134 valence electrons. The SMILES string of the molecule is CN(C)C(=O)COc1cccc(C(=O)/C=C\c2ccc([N+](=O)[O-])cc2)c1. The molecule has 0 aromatic heterocycles. The van der Waals surface area contributed by atoms with Gasteiger partial charge >= 0.3 is 0 Å². The van der Waals surface area contributed by atoms with Gasteiger partial charge in [-0.3, -0.25) is 19.7 Å². The van der Waals surface area contributed by atoms with Gasteiger partial charge in [0.2, 0.25) is 0 Å². The van der Waals surface area contributed by atoms with Crippen molar-refractivity contribution in [3.05, 3.63) is 75.8 Å². The summed E-state index contributed by atoms with van der Waals surface area (Å²) in [4.78, 5) is 35.4. The molecule has 0 aliphatic rings. The van der Waals surface area contributed by atoms with Crippen LogP contribution in [-0.4, -0.2) is 42.2 Å². The van der Waals surface area contributed by atoms with Gasteiger partial charge in [-0.25, -0.2) is 0 Å². The van der Waals surface area contributed by atoms with Crippen LogP contribution in [0.5, 0.6) is 5.75 Å². The first kappa shape index (κ1) is 18.9. The number of hydrogen-bond donors (Lipinski definition) is 0. The van der Waals surface area contributed by atoms with E-state index in [9.17, 15) is 19.7 Å². The summed E-state index contributed by atoms with van der Waals surface area (Å²) in [6.45, 7) is -0.108. The third-order valence-electron chi connectivity index (χ3n) is 3.51. The summed E-state index contributed by atoms with van der Waals surface area (Å²) < 4.78 is 5.39. The van der Waals surface area contributed by atoms with E-state index >= 15 is 0 Å². The molecule has 7 heteroatoms. The second-order valence-corrected chi connectivity index (χ2v) is 5.65. The number of allylic oxidation sites excluding steroid dienone is 1. The molecule has 0 atom stereocenters. The molecule has 0 spiro atoms. The van der Waals surface area contributed by atoms with Crippen LogP contribution < -0.4 is 4.74 Å². The fraction of sp³-hybridized carbons (Fsp3) is 0.158. The van der Waals surface area contributed by atoms with Crippen molar-refractivity contribution in [1.29, 1.82) is 0 Å². The number of ketones is 1. The molecule has 0 saturated carbocycles. The van der Waals surface area contributed by atoms with Crippen LogP contribution in [0.4, 0.5) is 5.69 Å². The van der Waals surface area contributed by atoms with Gasteiger partial charge in [0.15, 0.2) is 12.4 Å². The van der Waals surface area contributed by atoms with E-state index in [0.717, 1.165) is 0 Å². The van der Waals surface area contributed by atoms with Gasteiger partial charge in [0, 0.05) is 31.8 Å². The van der Waals surface area contributed by atoms with E-state index in [1.807, 2.05) is 0 Å². The molecular weight excluding hydrogens is 336 g/mol. The summed E-state index contributed by atoms with van der Waals surface area (Å²) in [5.74, 6) is 0.00215. The normalized spacial score (nSPS) is 10.5. The van der Waals surface area contributed by atoms with Crippen LogP contribution in [0, 0.1) is 10.1 Å². The van der Waals surface area contributed by atoms with Gasteiger partial charge in [0.05, 0.1) is 4.92 Å². The van der Waals surface area contributed by atoms with E-state index in [1.165, 1.54) is 23.1 Å². The molecule has 0 aliphatic heterocycles. The van der Waals surface area contributed by atoms with Crippen molar-refractivity contribution in [2.75, 3.05) is 20.7 Å². The molecular formula is C19H18N2O5. The van der Waals surface area contributed by atoms with E-state index in [-0.39, 0.29) is 24.0 Å². The average Bonchev–Trinajstić information content (AvgIpc) is 2.64. The number of likely N-dealkylation sites (N-methyl/N-ethyl adjacent to an activating group) is 1. The van der Waals surface area contributed by atoms with Crippen LogP contribution in [-0.2, 0) is 4.79 Å².